The molecule has 23 heavy (non-hydrogen) atoms. The Kier molecular flexibility index (Phi) is 4.77. The molecule has 1 fully saturated rings. The van der Waals surface area contributed by atoms with Crippen molar-refractivity contribution in [3.05, 3.63) is 62.4 Å². The third kappa shape index (κ3) is 3.30. The summed E-state index contributed by atoms with van der Waals surface area (Å²) in [4.78, 5) is 14.5. The van der Waals surface area contributed by atoms with E-state index in [-0.39, 0.29) is 16.7 Å². The van der Waals surface area contributed by atoms with Crippen LogP contribution in [0.15, 0.2) is 51.8 Å². The highest BCUT2D eigenvalue weighted by Gasteiger charge is 2.33. The molecule has 0 bridgehead atoms. The van der Waals surface area contributed by atoms with Crippen molar-refractivity contribution in [2.24, 2.45) is 0 Å². The summed E-state index contributed by atoms with van der Waals surface area (Å²) in [6.07, 6.45) is 1.59. The van der Waals surface area contributed by atoms with Crippen molar-refractivity contribution in [2.45, 2.75) is 0 Å². The molecule has 0 atom stereocenters. The second kappa shape index (κ2) is 6.65. The number of hydrogen-bond donors (Lipinski definition) is 1. The SMILES string of the molecule is O=C1C(=Cc2cc(Br)cc(Cl)c2O)SC(=S)N1c1ccccc1. The Labute approximate surface area is 156 Å². The minimum atomic E-state index is -0.221. The van der Waals surface area contributed by atoms with E-state index in [1.54, 1.807) is 18.2 Å². The molecule has 1 N–H and O–H groups in total. The van der Waals surface area contributed by atoms with Gasteiger partial charge in [0.25, 0.3) is 5.91 Å². The van der Waals surface area contributed by atoms with Crippen molar-refractivity contribution in [3.8, 4) is 5.75 Å². The summed E-state index contributed by atoms with van der Waals surface area (Å²) in [7, 11) is 0. The number of amides is 1. The van der Waals surface area contributed by atoms with Crippen LogP contribution in [-0.4, -0.2) is 15.3 Å². The lowest BCUT2D eigenvalue weighted by Crippen LogP contribution is -2.27. The summed E-state index contributed by atoms with van der Waals surface area (Å²) in [5.74, 6) is -0.290. The zero-order valence-electron chi connectivity index (χ0n) is 11.5. The van der Waals surface area contributed by atoms with E-state index in [9.17, 15) is 9.90 Å². The largest absolute Gasteiger partial charge is 0.506 e. The maximum Gasteiger partial charge on any atom is 0.270 e. The molecule has 0 aromatic heterocycles. The maximum absolute atomic E-state index is 12.6. The van der Waals surface area contributed by atoms with Gasteiger partial charge in [-0.25, -0.2) is 0 Å². The van der Waals surface area contributed by atoms with Crippen molar-refractivity contribution < 1.29 is 9.90 Å². The lowest BCUT2D eigenvalue weighted by molar-refractivity contribution is -0.113. The molecule has 1 amide bonds. The van der Waals surface area contributed by atoms with Crippen LogP contribution in [0.4, 0.5) is 5.69 Å². The molecular formula is C16H9BrClNO2S2. The number of rotatable bonds is 2. The van der Waals surface area contributed by atoms with Gasteiger partial charge >= 0.3 is 0 Å². The van der Waals surface area contributed by atoms with E-state index in [0.717, 1.165) is 5.69 Å². The van der Waals surface area contributed by atoms with Crippen LogP contribution in [0.1, 0.15) is 5.56 Å². The number of benzene rings is 2. The van der Waals surface area contributed by atoms with Crippen LogP contribution < -0.4 is 4.90 Å². The van der Waals surface area contributed by atoms with Crippen LogP contribution in [0.5, 0.6) is 5.75 Å². The Hall–Kier alpha value is -1.34. The van der Waals surface area contributed by atoms with Crippen molar-refractivity contribution in [1.82, 2.24) is 0 Å². The third-order valence-electron chi connectivity index (χ3n) is 3.15. The third-order valence-corrected chi connectivity index (χ3v) is 5.20. The fourth-order valence-electron chi connectivity index (χ4n) is 2.10. The van der Waals surface area contributed by atoms with Gasteiger partial charge in [-0.3, -0.25) is 9.69 Å². The Bertz CT molecular complexity index is 839. The fourth-order valence-corrected chi connectivity index (χ4v) is 4.23. The first-order chi connectivity index (χ1) is 11.0. The number of thioether (sulfide) groups is 1. The Morgan fingerprint density at radius 2 is 1.96 bits per heavy atom. The standard InChI is InChI=1S/C16H9BrClNO2S2/c17-10-6-9(14(20)12(18)8-10)7-13-15(21)19(16(22)23-13)11-4-2-1-3-5-11/h1-8,20H. The van der Waals surface area contributed by atoms with Crippen LogP contribution >= 0.6 is 51.5 Å². The molecule has 2 aromatic rings. The number of anilines is 1. The summed E-state index contributed by atoms with van der Waals surface area (Å²) in [6, 6.07) is 12.5. The summed E-state index contributed by atoms with van der Waals surface area (Å²) in [5, 5.41) is 10.3. The molecule has 1 aliphatic rings. The van der Waals surface area contributed by atoms with Crippen LogP contribution in [0.25, 0.3) is 6.08 Å². The number of nitrogens with zero attached hydrogens (tertiary/aromatic N) is 1. The predicted molar refractivity (Wildman–Crippen MR) is 103 cm³/mol. The summed E-state index contributed by atoms with van der Waals surface area (Å²) in [6.45, 7) is 0. The lowest BCUT2D eigenvalue weighted by Gasteiger charge is -2.13. The van der Waals surface area contributed by atoms with Gasteiger partial charge in [-0.1, -0.05) is 69.7 Å². The highest BCUT2D eigenvalue weighted by Crippen LogP contribution is 2.39. The van der Waals surface area contributed by atoms with E-state index in [2.05, 4.69) is 15.9 Å². The van der Waals surface area contributed by atoms with E-state index in [1.165, 1.54) is 16.7 Å². The normalized spacial score (nSPS) is 16.4. The topological polar surface area (TPSA) is 40.5 Å². The van der Waals surface area contributed by atoms with E-state index in [1.807, 2.05) is 30.3 Å². The van der Waals surface area contributed by atoms with Gasteiger partial charge in [0.1, 0.15) is 5.75 Å². The molecule has 1 heterocycles. The molecule has 0 saturated carbocycles. The molecule has 3 nitrogen and oxygen atoms in total. The van der Waals surface area contributed by atoms with Crippen molar-refractivity contribution in [1.29, 1.82) is 0 Å². The zero-order chi connectivity index (χ0) is 16.6. The molecule has 3 rings (SSSR count). The number of phenolic OH excluding ortho intramolecular Hbond substituents is 1. The molecule has 2 aromatic carbocycles. The van der Waals surface area contributed by atoms with Crippen molar-refractivity contribution in [2.75, 3.05) is 4.90 Å². The van der Waals surface area contributed by atoms with Gasteiger partial charge in [0.05, 0.1) is 15.6 Å². The first kappa shape index (κ1) is 16.5. The monoisotopic (exact) mass is 425 g/mol. The van der Waals surface area contributed by atoms with Gasteiger partial charge in [-0.15, -0.1) is 0 Å². The molecule has 0 radical (unpaired) electrons. The zero-order valence-corrected chi connectivity index (χ0v) is 15.5. The van der Waals surface area contributed by atoms with E-state index >= 15 is 0 Å². The predicted octanol–water partition coefficient (Wildman–Crippen LogP) is 5.21. The molecule has 0 unspecified atom stereocenters. The average Bonchev–Trinajstić information content (AvgIpc) is 2.79. The lowest BCUT2D eigenvalue weighted by atomic mass is 10.2. The summed E-state index contributed by atoms with van der Waals surface area (Å²) >= 11 is 15.8. The number of aromatic hydroxyl groups is 1. The van der Waals surface area contributed by atoms with Gasteiger partial charge in [-0.2, -0.15) is 0 Å². The van der Waals surface area contributed by atoms with Crippen molar-refractivity contribution >= 4 is 73.5 Å². The van der Waals surface area contributed by atoms with Gasteiger partial charge in [-0.05, 0) is 30.3 Å². The van der Waals surface area contributed by atoms with Crippen LogP contribution in [0.3, 0.4) is 0 Å². The molecule has 1 aliphatic heterocycles. The highest BCUT2D eigenvalue weighted by atomic mass is 79.9. The summed E-state index contributed by atoms with van der Waals surface area (Å²) < 4.78 is 1.16. The number of para-hydroxylation sites is 1. The summed E-state index contributed by atoms with van der Waals surface area (Å²) in [5.41, 5.74) is 1.17. The first-order valence-corrected chi connectivity index (χ1v) is 8.88. The van der Waals surface area contributed by atoms with Crippen LogP contribution in [0, 0.1) is 0 Å². The van der Waals surface area contributed by atoms with E-state index < -0.39 is 0 Å². The maximum atomic E-state index is 12.6. The molecule has 0 spiro atoms. The van der Waals surface area contributed by atoms with E-state index in [0.29, 0.717) is 19.3 Å². The van der Waals surface area contributed by atoms with Crippen LogP contribution in [0.2, 0.25) is 5.02 Å². The smallest absolute Gasteiger partial charge is 0.270 e. The van der Waals surface area contributed by atoms with Gasteiger partial charge < -0.3 is 5.11 Å². The fraction of sp³-hybridized carbons (Fsp3) is 0. The molecule has 7 heteroatoms. The van der Waals surface area contributed by atoms with Gasteiger partial charge in [0.15, 0.2) is 4.32 Å². The number of hydrogen-bond acceptors (Lipinski definition) is 4. The number of halogens is 2. The molecule has 116 valence electrons. The van der Waals surface area contributed by atoms with Gasteiger partial charge in [0.2, 0.25) is 0 Å². The number of carbonyl (C=O) groups excluding carboxylic acids is 1. The highest BCUT2D eigenvalue weighted by molar-refractivity contribution is 9.10. The van der Waals surface area contributed by atoms with E-state index in [4.69, 9.17) is 23.8 Å². The molecule has 1 saturated heterocycles. The molecule has 0 aliphatic carbocycles. The van der Waals surface area contributed by atoms with Gasteiger partial charge in [0, 0.05) is 10.0 Å². The number of thiocarbonyl (C=S) groups is 1. The molecular weight excluding hydrogens is 418 g/mol. The number of carbonyl (C=O) groups is 1. The Morgan fingerprint density at radius 1 is 1.26 bits per heavy atom. The minimum Gasteiger partial charge on any atom is -0.506 e. The first-order valence-electron chi connectivity index (χ1n) is 6.48. The average molecular weight is 427 g/mol. The second-order valence-corrected chi connectivity index (χ2v) is 7.68. The Morgan fingerprint density at radius 3 is 2.65 bits per heavy atom. The minimum absolute atomic E-state index is 0.0696. The Balaban J connectivity index is 2.00. The van der Waals surface area contributed by atoms with Crippen molar-refractivity contribution in [3.63, 3.8) is 0 Å². The van der Waals surface area contributed by atoms with Crippen LogP contribution in [-0.2, 0) is 4.79 Å². The quantitative estimate of drug-likeness (QED) is 0.528. The second-order valence-electron chi connectivity index (χ2n) is 4.68. The number of phenols is 1.